The molecule has 38 heavy (non-hydrogen) atoms. The van der Waals surface area contributed by atoms with Crippen molar-refractivity contribution in [3.8, 4) is 28.4 Å². The second-order valence-corrected chi connectivity index (χ2v) is 9.77. The van der Waals surface area contributed by atoms with Crippen molar-refractivity contribution in [2.24, 2.45) is 11.8 Å². The minimum absolute atomic E-state index is 0. The van der Waals surface area contributed by atoms with Gasteiger partial charge in [-0.15, -0.1) is 13.2 Å². The van der Waals surface area contributed by atoms with E-state index in [2.05, 4.69) is 11.7 Å². The molecule has 1 aliphatic carbocycles. The Kier molecular flexibility index (Phi) is 10.2. The molecule has 2 nitrogen and oxygen atoms in total. The molecule has 1 fully saturated rings. The summed E-state index contributed by atoms with van der Waals surface area (Å²) in [4.78, 5) is 0. The van der Waals surface area contributed by atoms with E-state index in [9.17, 15) is 22.0 Å². The average molecular weight is 535 g/mol. The van der Waals surface area contributed by atoms with Crippen molar-refractivity contribution in [1.82, 2.24) is 0 Å². The summed E-state index contributed by atoms with van der Waals surface area (Å²) in [5, 5.41) is 0. The maximum Gasteiger partial charge on any atom is 0.573 e. The highest BCUT2D eigenvalue weighted by Crippen LogP contribution is 2.38. The number of alkyl halides is 3. The van der Waals surface area contributed by atoms with Crippen LogP contribution in [0.5, 0.6) is 17.2 Å². The Balaban J connectivity index is 0.00000400. The topological polar surface area (TPSA) is 18.5 Å². The fraction of sp³-hybridized carbons (Fsp3) is 0.419. The van der Waals surface area contributed by atoms with Gasteiger partial charge in [0.1, 0.15) is 11.5 Å². The number of aryl methyl sites for hydroxylation is 1. The quantitative estimate of drug-likeness (QED) is 0.254. The van der Waals surface area contributed by atoms with Crippen molar-refractivity contribution >= 4 is 0 Å². The van der Waals surface area contributed by atoms with Gasteiger partial charge < -0.3 is 9.47 Å². The monoisotopic (exact) mass is 534 g/mol. The lowest BCUT2D eigenvalue weighted by molar-refractivity contribution is -0.274. The predicted molar refractivity (Wildman–Crippen MR) is 140 cm³/mol. The Labute approximate surface area is 221 Å². The third-order valence-corrected chi connectivity index (χ3v) is 7.10. The van der Waals surface area contributed by atoms with Crippen LogP contribution in [-0.2, 0) is 6.42 Å². The Morgan fingerprint density at radius 3 is 1.92 bits per heavy atom. The molecule has 0 bridgehead atoms. The summed E-state index contributed by atoms with van der Waals surface area (Å²) in [6.07, 6.45) is 5.12. The number of hydrogen-bond acceptors (Lipinski definition) is 2. The molecular formula is C31H35F5O2. The molecule has 0 radical (unpaired) electrons. The molecule has 0 amide bonds. The zero-order chi connectivity index (χ0) is 26.4. The molecule has 0 aliphatic heterocycles. The largest absolute Gasteiger partial charge is 0.573 e. The van der Waals surface area contributed by atoms with Crippen molar-refractivity contribution < 1.29 is 31.4 Å². The van der Waals surface area contributed by atoms with Crippen molar-refractivity contribution in [2.75, 3.05) is 0 Å². The minimum atomic E-state index is -4.83. The van der Waals surface area contributed by atoms with Gasteiger partial charge >= 0.3 is 6.36 Å². The van der Waals surface area contributed by atoms with Crippen LogP contribution >= 0.6 is 0 Å². The van der Waals surface area contributed by atoms with Gasteiger partial charge in [0.05, 0.1) is 0 Å². The molecule has 1 aliphatic rings. The van der Waals surface area contributed by atoms with E-state index in [4.69, 9.17) is 4.74 Å². The van der Waals surface area contributed by atoms with Crippen LogP contribution in [0.4, 0.5) is 22.0 Å². The molecule has 0 heterocycles. The van der Waals surface area contributed by atoms with Crippen LogP contribution < -0.4 is 9.47 Å². The van der Waals surface area contributed by atoms with E-state index in [1.807, 2.05) is 24.3 Å². The second-order valence-electron chi connectivity index (χ2n) is 9.77. The maximum atomic E-state index is 14.7. The first kappa shape index (κ1) is 29.5. The SMILES string of the molecule is C.CCCC1CCC(CCc2ccc(-c3ccc(F)c(F)c3Oc3ccc(OC(F)(F)F)cc3)cc2)CC1. The van der Waals surface area contributed by atoms with Gasteiger partial charge in [-0.05, 0) is 72.2 Å². The summed E-state index contributed by atoms with van der Waals surface area (Å²) in [5.74, 6) is -1.33. The highest BCUT2D eigenvalue weighted by Gasteiger charge is 2.31. The molecule has 0 aromatic heterocycles. The summed E-state index contributed by atoms with van der Waals surface area (Å²) in [5.41, 5.74) is 2.18. The molecular weight excluding hydrogens is 499 g/mol. The van der Waals surface area contributed by atoms with Crippen LogP contribution in [0.1, 0.15) is 64.9 Å². The third kappa shape index (κ3) is 7.95. The average Bonchev–Trinajstić information content (AvgIpc) is 2.87. The van der Waals surface area contributed by atoms with Gasteiger partial charge in [-0.3, -0.25) is 0 Å². The molecule has 0 saturated heterocycles. The molecule has 0 spiro atoms. The summed E-state index contributed by atoms with van der Waals surface area (Å²) >= 11 is 0. The molecule has 0 unspecified atom stereocenters. The minimum Gasteiger partial charge on any atom is -0.454 e. The second kappa shape index (κ2) is 13.1. The van der Waals surface area contributed by atoms with Crippen LogP contribution in [0.15, 0.2) is 60.7 Å². The zero-order valence-corrected chi connectivity index (χ0v) is 20.8. The number of rotatable bonds is 9. The first-order valence-electron chi connectivity index (χ1n) is 12.8. The zero-order valence-electron chi connectivity index (χ0n) is 20.8. The summed E-state index contributed by atoms with van der Waals surface area (Å²) < 4.78 is 75.4. The van der Waals surface area contributed by atoms with Crippen molar-refractivity contribution in [2.45, 2.75) is 72.1 Å². The standard InChI is InChI=1S/C30H31F5O2.CH4/c1-2-3-20-4-6-21(7-5-20)8-9-22-10-12-23(13-11-22)26-18-19-27(31)28(32)29(26)36-24-14-16-25(17-15-24)37-30(33,34)35;/h10-21H,2-9H2,1H3;1H4. The molecule has 1 saturated carbocycles. The van der Waals surface area contributed by atoms with Gasteiger partial charge in [0, 0.05) is 5.56 Å². The van der Waals surface area contributed by atoms with Gasteiger partial charge in [0.2, 0.25) is 5.82 Å². The lowest BCUT2D eigenvalue weighted by Crippen LogP contribution is -2.16. The Morgan fingerprint density at radius 2 is 1.34 bits per heavy atom. The molecule has 4 rings (SSSR count). The smallest absolute Gasteiger partial charge is 0.454 e. The van der Waals surface area contributed by atoms with Crippen LogP contribution in [0, 0.1) is 23.5 Å². The lowest BCUT2D eigenvalue weighted by Gasteiger charge is -2.28. The van der Waals surface area contributed by atoms with Crippen LogP contribution in [0.2, 0.25) is 0 Å². The van der Waals surface area contributed by atoms with Gasteiger partial charge in [-0.2, -0.15) is 4.39 Å². The molecule has 0 N–H and O–H groups in total. The summed E-state index contributed by atoms with van der Waals surface area (Å²) in [6, 6.07) is 14.6. The highest BCUT2D eigenvalue weighted by molar-refractivity contribution is 5.71. The van der Waals surface area contributed by atoms with Gasteiger partial charge in [0.15, 0.2) is 11.6 Å². The van der Waals surface area contributed by atoms with E-state index < -0.39 is 23.7 Å². The van der Waals surface area contributed by atoms with Gasteiger partial charge in [-0.25, -0.2) is 4.39 Å². The number of benzene rings is 3. The van der Waals surface area contributed by atoms with E-state index in [1.165, 1.54) is 62.3 Å². The first-order valence-corrected chi connectivity index (χ1v) is 12.8. The van der Waals surface area contributed by atoms with Gasteiger partial charge in [-0.1, -0.05) is 77.1 Å². The number of ether oxygens (including phenoxy) is 2. The van der Waals surface area contributed by atoms with Crippen molar-refractivity contribution in [3.05, 3.63) is 77.9 Å². The lowest BCUT2D eigenvalue weighted by atomic mass is 9.78. The van der Waals surface area contributed by atoms with E-state index in [-0.39, 0.29) is 18.9 Å². The third-order valence-electron chi connectivity index (χ3n) is 7.10. The molecule has 7 heteroatoms. The van der Waals surface area contributed by atoms with Crippen LogP contribution in [0.3, 0.4) is 0 Å². The maximum absolute atomic E-state index is 14.7. The van der Waals surface area contributed by atoms with E-state index in [0.717, 1.165) is 42.9 Å². The fourth-order valence-corrected chi connectivity index (χ4v) is 5.13. The molecule has 3 aromatic carbocycles. The van der Waals surface area contributed by atoms with E-state index in [0.29, 0.717) is 11.1 Å². The van der Waals surface area contributed by atoms with E-state index in [1.54, 1.807) is 0 Å². The van der Waals surface area contributed by atoms with E-state index >= 15 is 0 Å². The predicted octanol–water partition coefficient (Wildman–Crippen LogP) is 10.5. The number of halogens is 5. The molecule has 0 atom stereocenters. The Bertz CT molecular complexity index is 1150. The fourth-order valence-electron chi connectivity index (χ4n) is 5.13. The first-order chi connectivity index (χ1) is 17.7. The van der Waals surface area contributed by atoms with Crippen LogP contribution in [0.25, 0.3) is 11.1 Å². The number of hydrogen-bond donors (Lipinski definition) is 0. The molecule has 3 aromatic rings. The Hall–Kier alpha value is -3.09. The van der Waals surface area contributed by atoms with Crippen LogP contribution in [-0.4, -0.2) is 6.36 Å². The summed E-state index contributed by atoms with van der Waals surface area (Å²) in [7, 11) is 0. The summed E-state index contributed by atoms with van der Waals surface area (Å²) in [6.45, 7) is 2.25. The van der Waals surface area contributed by atoms with Gasteiger partial charge in [0.25, 0.3) is 0 Å². The van der Waals surface area contributed by atoms with Crippen molar-refractivity contribution in [1.29, 1.82) is 0 Å². The Morgan fingerprint density at radius 1 is 0.763 bits per heavy atom. The molecule has 206 valence electrons. The normalized spacial score (nSPS) is 17.5. The van der Waals surface area contributed by atoms with Crippen molar-refractivity contribution in [3.63, 3.8) is 0 Å². The highest BCUT2D eigenvalue weighted by atomic mass is 19.4.